The van der Waals surface area contributed by atoms with Crippen LogP contribution in [0.5, 0.6) is 0 Å². The van der Waals surface area contributed by atoms with Crippen molar-refractivity contribution in [2.45, 2.75) is 17.9 Å². The summed E-state index contributed by atoms with van der Waals surface area (Å²) in [5.74, 6) is -0.684. The molecule has 90 valence electrons. The minimum Gasteiger partial charge on any atom is -0.392 e. The van der Waals surface area contributed by atoms with Crippen molar-refractivity contribution in [2.24, 2.45) is 0 Å². The van der Waals surface area contributed by atoms with Crippen LogP contribution < -0.4 is 4.72 Å². The Labute approximate surface area is 98.1 Å². The summed E-state index contributed by atoms with van der Waals surface area (Å²) in [7, 11) is -3.76. The summed E-state index contributed by atoms with van der Waals surface area (Å²) in [4.78, 5) is -0.139. The van der Waals surface area contributed by atoms with E-state index in [4.69, 9.17) is 16.7 Å². The number of halogens is 2. The van der Waals surface area contributed by atoms with E-state index in [2.05, 4.69) is 4.72 Å². The third-order valence-corrected chi connectivity index (χ3v) is 3.48. The lowest BCUT2D eigenvalue weighted by atomic mass is 10.3. The number of hydrogen-bond acceptors (Lipinski definition) is 3. The van der Waals surface area contributed by atoms with Gasteiger partial charge in [0.2, 0.25) is 10.0 Å². The third-order valence-electron chi connectivity index (χ3n) is 1.77. The summed E-state index contributed by atoms with van der Waals surface area (Å²) in [6.07, 6.45) is -0.800. The van der Waals surface area contributed by atoms with Crippen molar-refractivity contribution in [1.82, 2.24) is 4.72 Å². The molecular formula is C9H11ClFNO3S. The molecule has 0 saturated carbocycles. The first kappa shape index (κ1) is 13.4. The SMILES string of the molecule is C[C@H](O)CNS(=O)(=O)c1ccc(F)c(Cl)c1. The molecule has 7 heteroatoms. The van der Waals surface area contributed by atoms with Gasteiger partial charge >= 0.3 is 0 Å². The van der Waals surface area contributed by atoms with Crippen LogP contribution in [0.15, 0.2) is 23.1 Å². The zero-order chi connectivity index (χ0) is 12.3. The van der Waals surface area contributed by atoms with Gasteiger partial charge in [-0.1, -0.05) is 11.6 Å². The van der Waals surface area contributed by atoms with Gasteiger partial charge in [0.25, 0.3) is 0 Å². The molecule has 0 aliphatic rings. The van der Waals surface area contributed by atoms with Crippen molar-refractivity contribution in [3.8, 4) is 0 Å². The van der Waals surface area contributed by atoms with Crippen LogP contribution in [-0.4, -0.2) is 26.2 Å². The number of hydrogen-bond donors (Lipinski definition) is 2. The van der Waals surface area contributed by atoms with Gasteiger partial charge in [-0.25, -0.2) is 17.5 Å². The highest BCUT2D eigenvalue weighted by Crippen LogP contribution is 2.19. The number of nitrogens with one attached hydrogen (secondary N) is 1. The van der Waals surface area contributed by atoms with Gasteiger partial charge in [-0.2, -0.15) is 0 Å². The lowest BCUT2D eigenvalue weighted by molar-refractivity contribution is 0.198. The summed E-state index contributed by atoms with van der Waals surface area (Å²) < 4.78 is 38.2. The smallest absolute Gasteiger partial charge is 0.240 e. The van der Waals surface area contributed by atoms with Crippen LogP contribution in [0.4, 0.5) is 4.39 Å². The Morgan fingerprint density at radius 3 is 2.69 bits per heavy atom. The quantitative estimate of drug-likeness (QED) is 0.860. The Balaban J connectivity index is 2.94. The van der Waals surface area contributed by atoms with E-state index in [-0.39, 0.29) is 16.5 Å². The molecule has 0 heterocycles. The number of aliphatic hydroxyl groups excluding tert-OH is 1. The average Bonchev–Trinajstić information content (AvgIpc) is 2.19. The molecule has 1 aromatic rings. The van der Waals surface area contributed by atoms with Gasteiger partial charge in [-0.05, 0) is 25.1 Å². The van der Waals surface area contributed by atoms with E-state index >= 15 is 0 Å². The van der Waals surface area contributed by atoms with Crippen molar-refractivity contribution < 1.29 is 17.9 Å². The van der Waals surface area contributed by atoms with Gasteiger partial charge in [0.15, 0.2) is 0 Å². The molecule has 0 spiro atoms. The fourth-order valence-corrected chi connectivity index (χ4v) is 2.35. The highest BCUT2D eigenvalue weighted by Gasteiger charge is 2.15. The molecule has 0 saturated heterocycles. The summed E-state index contributed by atoms with van der Waals surface area (Å²) in [5.41, 5.74) is 0. The zero-order valence-electron chi connectivity index (χ0n) is 8.44. The van der Waals surface area contributed by atoms with Gasteiger partial charge in [-0.15, -0.1) is 0 Å². The molecule has 1 rings (SSSR count). The zero-order valence-corrected chi connectivity index (χ0v) is 10.0. The molecule has 1 aromatic carbocycles. The molecule has 0 amide bonds. The maximum Gasteiger partial charge on any atom is 0.240 e. The van der Waals surface area contributed by atoms with Crippen molar-refractivity contribution in [3.05, 3.63) is 29.0 Å². The summed E-state index contributed by atoms with van der Waals surface area (Å²) >= 11 is 5.47. The van der Waals surface area contributed by atoms with Gasteiger partial charge in [0.1, 0.15) is 5.82 Å². The second kappa shape index (κ2) is 5.09. The molecule has 16 heavy (non-hydrogen) atoms. The van der Waals surface area contributed by atoms with Gasteiger partial charge in [0.05, 0.1) is 16.0 Å². The van der Waals surface area contributed by atoms with Crippen molar-refractivity contribution >= 4 is 21.6 Å². The van der Waals surface area contributed by atoms with Crippen LogP contribution in [0.3, 0.4) is 0 Å². The molecule has 0 fully saturated rings. The monoisotopic (exact) mass is 267 g/mol. The van der Waals surface area contributed by atoms with E-state index in [1.54, 1.807) is 0 Å². The maximum absolute atomic E-state index is 12.8. The number of benzene rings is 1. The van der Waals surface area contributed by atoms with Crippen molar-refractivity contribution in [3.63, 3.8) is 0 Å². The first-order valence-electron chi connectivity index (χ1n) is 4.45. The molecule has 0 aromatic heterocycles. The summed E-state index contributed by atoms with van der Waals surface area (Å²) in [6, 6.07) is 3.09. The minimum absolute atomic E-state index is 0.114. The molecule has 0 aliphatic heterocycles. The second-order valence-corrected chi connectivity index (χ2v) is 5.45. The molecular weight excluding hydrogens is 257 g/mol. The topological polar surface area (TPSA) is 66.4 Å². The van der Waals surface area contributed by atoms with Crippen LogP contribution in [0, 0.1) is 5.82 Å². The molecule has 4 nitrogen and oxygen atoms in total. The Morgan fingerprint density at radius 2 is 2.19 bits per heavy atom. The van der Waals surface area contributed by atoms with E-state index in [1.807, 2.05) is 0 Å². The molecule has 2 N–H and O–H groups in total. The van der Waals surface area contributed by atoms with E-state index in [9.17, 15) is 12.8 Å². The Morgan fingerprint density at radius 1 is 1.56 bits per heavy atom. The van der Waals surface area contributed by atoms with Crippen LogP contribution >= 0.6 is 11.6 Å². The van der Waals surface area contributed by atoms with Crippen LogP contribution in [0.1, 0.15) is 6.92 Å². The molecule has 0 radical (unpaired) electrons. The Hall–Kier alpha value is -0.690. The van der Waals surface area contributed by atoms with Gasteiger partial charge in [-0.3, -0.25) is 0 Å². The first-order chi connectivity index (χ1) is 7.33. The molecule has 0 aliphatic carbocycles. The number of sulfonamides is 1. The fourth-order valence-electron chi connectivity index (χ4n) is 0.958. The summed E-state index contributed by atoms with van der Waals surface area (Å²) in [5, 5.41) is 8.68. The minimum atomic E-state index is -3.76. The van der Waals surface area contributed by atoms with Crippen molar-refractivity contribution in [2.75, 3.05) is 6.54 Å². The third kappa shape index (κ3) is 3.41. The predicted octanol–water partition coefficient (Wildman–Crippen LogP) is 1.14. The lowest BCUT2D eigenvalue weighted by Gasteiger charge is -2.08. The fraction of sp³-hybridized carbons (Fsp3) is 0.333. The molecule has 1 atom stereocenters. The van der Waals surface area contributed by atoms with Gasteiger partial charge < -0.3 is 5.11 Å². The maximum atomic E-state index is 12.8. The van der Waals surface area contributed by atoms with Crippen LogP contribution in [-0.2, 0) is 10.0 Å². The highest BCUT2D eigenvalue weighted by molar-refractivity contribution is 7.89. The molecule has 0 bridgehead atoms. The van der Waals surface area contributed by atoms with Gasteiger partial charge in [0, 0.05) is 6.54 Å². The van der Waals surface area contributed by atoms with Crippen LogP contribution in [0.25, 0.3) is 0 Å². The van der Waals surface area contributed by atoms with E-state index < -0.39 is 21.9 Å². The first-order valence-corrected chi connectivity index (χ1v) is 6.32. The predicted molar refractivity (Wildman–Crippen MR) is 58.3 cm³/mol. The molecule has 0 unspecified atom stereocenters. The lowest BCUT2D eigenvalue weighted by Crippen LogP contribution is -2.30. The Kier molecular flexibility index (Phi) is 4.26. The van der Waals surface area contributed by atoms with E-state index in [1.165, 1.54) is 6.92 Å². The Bertz CT molecular complexity index is 476. The largest absolute Gasteiger partial charge is 0.392 e. The van der Waals surface area contributed by atoms with Crippen LogP contribution in [0.2, 0.25) is 5.02 Å². The normalized spacial score (nSPS) is 13.8. The average molecular weight is 268 g/mol. The highest BCUT2D eigenvalue weighted by atomic mass is 35.5. The standard InChI is InChI=1S/C9H11ClFNO3S/c1-6(13)5-12-16(14,15)7-2-3-9(11)8(10)4-7/h2-4,6,12-13H,5H2,1H3/t6-/m0/s1. The summed E-state index contributed by atoms with van der Waals surface area (Å²) in [6.45, 7) is 1.33. The van der Waals surface area contributed by atoms with E-state index in [0.717, 1.165) is 18.2 Å². The number of rotatable bonds is 4. The van der Waals surface area contributed by atoms with Crippen molar-refractivity contribution in [1.29, 1.82) is 0 Å². The van der Waals surface area contributed by atoms with E-state index in [0.29, 0.717) is 0 Å². The number of aliphatic hydroxyl groups is 1. The second-order valence-electron chi connectivity index (χ2n) is 3.28.